The molecule has 0 saturated carbocycles. The molecule has 8 heteroatoms. The van der Waals surface area contributed by atoms with Crippen LogP contribution in [0.3, 0.4) is 0 Å². The Balaban J connectivity index is 1.64. The molecule has 1 N–H and O–H groups in total. The van der Waals surface area contributed by atoms with Crippen LogP contribution in [0.25, 0.3) is 0 Å². The third kappa shape index (κ3) is 5.59. The maximum absolute atomic E-state index is 13.2. The van der Waals surface area contributed by atoms with Gasteiger partial charge in [0, 0.05) is 29.7 Å². The Labute approximate surface area is 189 Å². The number of amides is 1. The minimum atomic E-state index is -3.77. The Morgan fingerprint density at radius 1 is 1.16 bits per heavy atom. The van der Waals surface area contributed by atoms with Crippen molar-refractivity contribution in [2.24, 2.45) is 5.92 Å². The minimum Gasteiger partial charge on any atom is -0.492 e. The molecule has 0 aliphatic carbocycles. The highest BCUT2D eigenvalue weighted by molar-refractivity contribution is 7.89. The quantitative estimate of drug-likeness (QED) is 0.632. The van der Waals surface area contributed by atoms with Crippen LogP contribution in [0.4, 0.5) is 5.69 Å². The summed E-state index contributed by atoms with van der Waals surface area (Å²) >= 11 is 6.04. The molecule has 31 heavy (non-hydrogen) atoms. The molecular formula is C23H29ClN2O4S. The van der Waals surface area contributed by atoms with Crippen molar-refractivity contribution in [3.05, 3.63) is 53.1 Å². The highest BCUT2D eigenvalue weighted by Crippen LogP contribution is 2.32. The highest BCUT2D eigenvalue weighted by atomic mass is 35.5. The summed E-state index contributed by atoms with van der Waals surface area (Å²) in [5, 5.41) is 3.29. The van der Waals surface area contributed by atoms with Gasteiger partial charge in [-0.15, -0.1) is 0 Å². The molecule has 1 fully saturated rings. The van der Waals surface area contributed by atoms with E-state index in [4.69, 9.17) is 16.3 Å². The molecule has 1 saturated heterocycles. The van der Waals surface area contributed by atoms with Gasteiger partial charge in [-0.2, -0.15) is 4.31 Å². The molecule has 1 aliphatic rings. The molecule has 0 atom stereocenters. The van der Waals surface area contributed by atoms with E-state index in [9.17, 15) is 13.2 Å². The molecular weight excluding hydrogens is 436 g/mol. The van der Waals surface area contributed by atoms with Gasteiger partial charge in [-0.05, 0) is 61.6 Å². The number of anilines is 1. The summed E-state index contributed by atoms with van der Waals surface area (Å²) in [4.78, 5) is 12.7. The standard InChI is InChI=1S/C23H29ClN2O4S/c1-4-30-21-10-7-19(24)15-22(21)31(28,29)26-13-11-18(12-14-26)23(27)25-20-8-5-17(6-9-20)16(2)3/h5-10,15-16,18H,4,11-14H2,1-3H3,(H,25,27). The number of nitrogens with zero attached hydrogens (tertiary/aromatic N) is 1. The number of sulfonamides is 1. The summed E-state index contributed by atoms with van der Waals surface area (Å²) in [5.74, 6) is 0.407. The average Bonchev–Trinajstić information content (AvgIpc) is 2.75. The monoisotopic (exact) mass is 464 g/mol. The Morgan fingerprint density at radius 3 is 2.39 bits per heavy atom. The Hall–Kier alpha value is -2.09. The first kappa shape index (κ1) is 23.6. The molecule has 0 bridgehead atoms. The van der Waals surface area contributed by atoms with Gasteiger partial charge in [0.15, 0.2) is 0 Å². The second-order valence-electron chi connectivity index (χ2n) is 7.97. The molecule has 1 heterocycles. The Bertz CT molecular complexity index is 1010. The summed E-state index contributed by atoms with van der Waals surface area (Å²) in [6, 6.07) is 12.4. The van der Waals surface area contributed by atoms with E-state index in [1.165, 1.54) is 15.9 Å². The lowest BCUT2D eigenvalue weighted by Crippen LogP contribution is -2.41. The van der Waals surface area contributed by atoms with Crippen LogP contribution >= 0.6 is 11.6 Å². The van der Waals surface area contributed by atoms with Crippen LogP contribution in [0.5, 0.6) is 5.75 Å². The zero-order chi connectivity index (χ0) is 22.6. The number of carbonyl (C=O) groups is 1. The van der Waals surface area contributed by atoms with Gasteiger partial charge in [0.25, 0.3) is 0 Å². The van der Waals surface area contributed by atoms with Crippen LogP contribution in [0.1, 0.15) is 45.1 Å². The van der Waals surface area contributed by atoms with Gasteiger partial charge in [-0.1, -0.05) is 37.6 Å². The minimum absolute atomic E-state index is 0.0648. The van der Waals surface area contributed by atoms with Crippen molar-refractivity contribution in [2.75, 3.05) is 25.0 Å². The van der Waals surface area contributed by atoms with Gasteiger partial charge < -0.3 is 10.1 Å². The van der Waals surface area contributed by atoms with E-state index in [-0.39, 0.29) is 35.6 Å². The molecule has 2 aromatic rings. The predicted octanol–water partition coefficient (Wildman–Crippen LogP) is 4.90. The molecule has 3 rings (SSSR count). The summed E-state index contributed by atoms with van der Waals surface area (Å²) in [5.41, 5.74) is 1.97. The van der Waals surface area contributed by atoms with Gasteiger partial charge >= 0.3 is 0 Å². The normalized spacial score (nSPS) is 15.8. The predicted molar refractivity (Wildman–Crippen MR) is 123 cm³/mol. The van der Waals surface area contributed by atoms with E-state index in [0.717, 1.165) is 5.69 Å². The molecule has 168 valence electrons. The van der Waals surface area contributed by atoms with E-state index >= 15 is 0 Å². The van der Waals surface area contributed by atoms with Crippen LogP contribution < -0.4 is 10.1 Å². The number of nitrogens with one attached hydrogen (secondary N) is 1. The van der Waals surface area contributed by atoms with Gasteiger partial charge in [-0.3, -0.25) is 4.79 Å². The smallest absolute Gasteiger partial charge is 0.246 e. The van der Waals surface area contributed by atoms with Gasteiger partial charge in [0.05, 0.1) is 6.61 Å². The maximum Gasteiger partial charge on any atom is 0.246 e. The summed E-state index contributed by atoms with van der Waals surface area (Å²) in [6.45, 7) is 6.93. The fourth-order valence-electron chi connectivity index (χ4n) is 3.65. The number of ether oxygens (including phenoxy) is 1. The van der Waals surface area contributed by atoms with Crippen molar-refractivity contribution in [3.8, 4) is 5.75 Å². The number of rotatable bonds is 7. The topological polar surface area (TPSA) is 75.7 Å². The largest absolute Gasteiger partial charge is 0.492 e. The molecule has 0 aromatic heterocycles. The Morgan fingerprint density at radius 2 is 1.81 bits per heavy atom. The molecule has 0 spiro atoms. The highest BCUT2D eigenvalue weighted by Gasteiger charge is 2.34. The summed E-state index contributed by atoms with van der Waals surface area (Å²) < 4.78 is 33.2. The number of benzene rings is 2. The zero-order valence-corrected chi connectivity index (χ0v) is 19.7. The van der Waals surface area contributed by atoms with Crippen LogP contribution in [0.15, 0.2) is 47.4 Å². The fourth-order valence-corrected chi connectivity index (χ4v) is 5.51. The third-order valence-electron chi connectivity index (χ3n) is 5.49. The lowest BCUT2D eigenvalue weighted by Gasteiger charge is -2.31. The molecule has 1 aliphatic heterocycles. The van der Waals surface area contributed by atoms with E-state index in [1.54, 1.807) is 19.1 Å². The molecule has 0 unspecified atom stereocenters. The first-order valence-corrected chi connectivity index (χ1v) is 12.4. The van der Waals surface area contributed by atoms with E-state index in [1.807, 2.05) is 24.3 Å². The summed E-state index contributed by atoms with van der Waals surface area (Å²) in [7, 11) is -3.77. The average molecular weight is 465 g/mol. The fraction of sp³-hybridized carbons (Fsp3) is 0.435. The molecule has 2 aromatic carbocycles. The van der Waals surface area contributed by atoms with Crippen LogP contribution in [-0.2, 0) is 14.8 Å². The van der Waals surface area contributed by atoms with E-state index < -0.39 is 10.0 Å². The third-order valence-corrected chi connectivity index (χ3v) is 7.65. The van der Waals surface area contributed by atoms with Crippen molar-refractivity contribution in [1.29, 1.82) is 0 Å². The van der Waals surface area contributed by atoms with Crippen LogP contribution in [0, 0.1) is 5.92 Å². The first-order chi connectivity index (χ1) is 14.7. The van der Waals surface area contributed by atoms with Gasteiger partial charge in [0.2, 0.25) is 15.9 Å². The van der Waals surface area contributed by atoms with Gasteiger partial charge in [0.1, 0.15) is 10.6 Å². The number of hydrogen-bond donors (Lipinski definition) is 1. The van der Waals surface area contributed by atoms with Crippen LogP contribution in [0.2, 0.25) is 5.02 Å². The molecule has 6 nitrogen and oxygen atoms in total. The Kier molecular flexibility index (Phi) is 7.62. The van der Waals surface area contributed by atoms with Crippen molar-refractivity contribution in [1.82, 2.24) is 4.31 Å². The maximum atomic E-state index is 13.2. The second-order valence-corrected chi connectivity index (χ2v) is 10.3. The summed E-state index contributed by atoms with van der Waals surface area (Å²) in [6.07, 6.45) is 0.916. The molecule has 0 radical (unpaired) electrons. The van der Waals surface area contributed by atoms with E-state index in [0.29, 0.717) is 30.4 Å². The SMILES string of the molecule is CCOc1ccc(Cl)cc1S(=O)(=O)N1CCC(C(=O)Nc2ccc(C(C)C)cc2)CC1. The van der Waals surface area contributed by atoms with Crippen LogP contribution in [-0.4, -0.2) is 38.3 Å². The van der Waals surface area contributed by atoms with Crippen molar-refractivity contribution in [2.45, 2.75) is 44.4 Å². The van der Waals surface area contributed by atoms with Crippen molar-refractivity contribution >= 4 is 33.2 Å². The second kappa shape index (κ2) is 10.0. The molecule has 1 amide bonds. The van der Waals surface area contributed by atoms with Crippen molar-refractivity contribution in [3.63, 3.8) is 0 Å². The number of carbonyl (C=O) groups excluding carboxylic acids is 1. The zero-order valence-electron chi connectivity index (χ0n) is 18.1. The van der Waals surface area contributed by atoms with Gasteiger partial charge in [-0.25, -0.2) is 8.42 Å². The van der Waals surface area contributed by atoms with E-state index in [2.05, 4.69) is 19.2 Å². The van der Waals surface area contributed by atoms with Crippen molar-refractivity contribution < 1.29 is 17.9 Å². The first-order valence-electron chi connectivity index (χ1n) is 10.6. The lowest BCUT2D eigenvalue weighted by atomic mass is 9.97. The lowest BCUT2D eigenvalue weighted by molar-refractivity contribution is -0.120. The number of halogens is 1. The number of hydrogen-bond acceptors (Lipinski definition) is 4. The number of piperidine rings is 1.